The average molecular weight is 586 g/mol. The fourth-order valence-electron chi connectivity index (χ4n) is 5.00. The van der Waals surface area contributed by atoms with Crippen molar-refractivity contribution in [3.63, 3.8) is 0 Å². The molecule has 0 aliphatic carbocycles. The van der Waals surface area contributed by atoms with E-state index in [1.54, 1.807) is 25.7 Å². The van der Waals surface area contributed by atoms with Crippen molar-refractivity contribution in [2.45, 2.75) is 91.5 Å². The van der Waals surface area contributed by atoms with Gasteiger partial charge in [-0.2, -0.15) is 0 Å². The van der Waals surface area contributed by atoms with Crippen LogP contribution < -0.4 is 10.6 Å². The summed E-state index contributed by atoms with van der Waals surface area (Å²) in [5.41, 5.74) is 3.88. The third kappa shape index (κ3) is 10.3. The van der Waals surface area contributed by atoms with Crippen LogP contribution in [0.1, 0.15) is 80.8 Å². The van der Waals surface area contributed by atoms with Crippen LogP contribution in [0.5, 0.6) is 0 Å². The molecule has 0 saturated carbocycles. The third-order valence-corrected chi connectivity index (χ3v) is 7.37. The van der Waals surface area contributed by atoms with Crippen LogP contribution in [-0.4, -0.2) is 41.0 Å². The Morgan fingerprint density at radius 1 is 0.837 bits per heavy atom. The molecule has 0 aromatic heterocycles. The lowest BCUT2D eigenvalue weighted by molar-refractivity contribution is -0.142. The first kappa shape index (κ1) is 33.4. The van der Waals surface area contributed by atoms with Gasteiger partial charge in [-0.25, -0.2) is 4.79 Å². The van der Waals surface area contributed by atoms with Crippen molar-refractivity contribution in [1.29, 1.82) is 0 Å². The molecule has 230 valence electrons. The van der Waals surface area contributed by atoms with Gasteiger partial charge in [0.15, 0.2) is 0 Å². The molecule has 3 aromatic rings. The zero-order valence-corrected chi connectivity index (χ0v) is 26.5. The molecule has 0 radical (unpaired) electrons. The Bertz CT molecular complexity index is 1340. The lowest BCUT2D eigenvalue weighted by Crippen LogP contribution is -2.54. The highest BCUT2D eigenvalue weighted by molar-refractivity contribution is 5.92. The molecule has 0 aliphatic heterocycles. The molecule has 0 spiro atoms. The Hall–Kier alpha value is -4.13. The highest BCUT2D eigenvalue weighted by atomic mass is 16.6. The van der Waals surface area contributed by atoms with Crippen LogP contribution in [0.4, 0.5) is 4.79 Å². The van der Waals surface area contributed by atoms with Crippen LogP contribution in [0.25, 0.3) is 0 Å². The fraction of sp³-hybridized carbons (Fsp3) is 0.417. The second-order valence-electron chi connectivity index (χ2n) is 12.0. The first-order valence-electron chi connectivity index (χ1n) is 15.2. The molecular formula is C36H47N3O4. The van der Waals surface area contributed by atoms with E-state index in [1.165, 1.54) is 0 Å². The van der Waals surface area contributed by atoms with Crippen LogP contribution in [0.2, 0.25) is 0 Å². The number of carbonyl (C=O) groups excluding carboxylic acids is 3. The lowest BCUT2D eigenvalue weighted by atomic mass is 9.94. The van der Waals surface area contributed by atoms with Crippen molar-refractivity contribution in [2.75, 3.05) is 6.54 Å². The zero-order chi connectivity index (χ0) is 31.4. The minimum Gasteiger partial charge on any atom is -0.444 e. The number of nitrogens with zero attached hydrogens (tertiary/aromatic N) is 1. The Balaban J connectivity index is 2.05. The normalized spacial score (nSPS) is 12.6. The maximum absolute atomic E-state index is 14.6. The highest BCUT2D eigenvalue weighted by Gasteiger charge is 2.37. The molecule has 3 rings (SSSR count). The quantitative estimate of drug-likeness (QED) is 0.216. The van der Waals surface area contributed by atoms with E-state index in [-0.39, 0.29) is 18.2 Å². The SMILES string of the molecule is CCCCCN(C(=O)C(Cc1ccccc1)NC(=O)OC(C)(C)C)C(C(=O)NCc1ccccc1)c1cccc(C)c1C. The van der Waals surface area contributed by atoms with Crippen molar-refractivity contribution < 1.29 is 19.1 Å². The number of ether oxygens (including phenoxy) is 1. The summed E-state index contributed by atoms with van der Waals surface area (Å²) in [7, 11) is 0. The van der Waals surface area contributed by atoms with E-state index in [0.717, 1.165) is 47.1 Å². The monoisotopic (exact) mass is 585 g/mol. The summed E-state index contributed by atoms with van der Waals surface area (Å²) in [5.74, 6) is -0.593. The molecule has 0 saturated heterocycles. The summed E-state index contributed by atoms with van der Waals surface area (Å²) in [6.45, 7) is 12.1. The third-order valence-electron chi connectivity index (χ3n) is 7.37. The van der Waals surface area contributed by atoms with Crippen LogP contribution >= 0.6 is 0 Å². The predicted molar refractivity (Wildman–Crippen MR) is 171 cm³/mol. The van der Waals surface area contributed by atoms with Gasteiger partial charge in [0.2, 0.25) is 11.8 Å². The Morgan fingerprint density at radius 3 is 2.07 bits per heavy atom. The van der Waals surface area contributed by atoms with Crippen LogP contribution in [-0.2, 0) is 27.3 Å². The van der Waals surface area contributed by atoms with Crippen LogP contribution in [0, 0.1) is 13.8 Å². The second-order valence-corrected chi connectivity index (χ2v) is 12.0. The summed E-state index contributed by atoms with van der Waals surface area (Å²) >= 11 is 0. The minimum atomic E-state index is -0.937. The number of aryl methyl sites for hydroxylation is 1. The summed E-state index contributed by atoms with van der Waals surface area (Å²) in [4.78, 5) is 43.4. The van der Waals surface area contributed by atoms with Gasteiger partial charge in [0.1, 0.15) is 17.7 Å². The molecule has 0 fully saturated rings. The van der Waals surface area contributed by atoms with E-state index in [0.29, 0.717) is 13.1 Å². The van der Waals surface area contributed by atoms with Gasteiger partial charge in [-0.3, -0.25) is 9.59 Å². The molecule has 2 unspecified atom stereocenters. The minimum absolute atomic E-state index is 0.258. The number of alkyl carbamates (subject to hydrolysis) is 1. The largest absolute Gasteiger partial charge is 0.444 e. The number of hydrogen-bond acceptors (Lipinski definition) is 4. The number of hydrogen-bond donors (Lipinski definition) is 2. The van der Waals surface area contributed by atoms with Crippen molar-refractivity contribution in [2.24, 2.45) is 0 Å². The maximum Gasteiger partial charge on any atom is 0.408 e. The molecule has 0 heterocycles. The Kier molecular flexibility index (Phi) is 12.4. The smallest absolute Gasteiger partial charge is 0.408 e. The van der Waals surface area contributed by atoms with Crippen molar-refractivity contribution >= 4 is 17.9 Å². The van der Waals surface area contributed by atoms with Gasteiger partial charge in [0.05, 0.1) is 0 Å². The molecule has 2 N–H and O–H groups in total. The maximum atomic E-state index is 14.6. The zero-order valence-electron chi connectivity index (χ0n) is 26.5. The van der Waals surface area contributed by atoms with Gasteiger partial charge < -0.3 is 20.3 Å². The fourth-order valence-corrected chi connectivity index (χ4v) is 5.00. The molecule has 7 heteroatoms. The van der Waals surface area contributed by atoms with Crippen molar-refractivity contribution in [1.82, 2.24) is 15.5 Å². The van der Waals surface area contributed by atoms with Crippen molar-refractivity contribution in [3.8, 4) is 0 Å². The number of nitrogens with one attached hydrogen (secondary N) is 2. The molecular weight excluding hydrogens is 538 g/mol. The summed E-state index contributed by atoms with van der Waals surface area (Å²) in [5, 5.41) is 5.92. The molecule has 0 aliphatic rings. The van der Waals surface area contributed by atoms with E-state index in [9.17, 15) is 14.4 Å². The first-order chi connectivity index (χ1) is 20.5. The summed E-state index contributed by atoms with van der Waals surface area (Å²) in [6.07, 6.45) is 2.17. The van der Waals surface area contributed by atoms with E-state index < -0.39 is 23.8 Å². The van der Waals surface area contributed by atoms with E-state index in [1.807, 2.05) is 92.7 Å². The summed E-state index contributed by atoms with van der Waals surface area (Å²) < 4.78 is 5.55. The van der Waals surface area contributed by atoms with Gasteiger partial charge in [-0.15, -0.1) is 0 Å². The predicted octanol–water partition coefficient (Wildman–Crippen LogP) is 6.82. The second kappa shape index (κ2) is 15.9. The molecule has 2 atom stereocenters. The van der Waals surface area contributed by atoms with Gasteiger partial charge in [0.25, 0.3) is 0 Å². The Labute approximate surface area is 257 Å². The molecule has 3 amide bonds. The molecule has 0 bridgehead atoms. The number of benzene rings is 3. The number of amides is 3. The number of unbranched alkanes of at least 4 members (excludes halogenated alkanes) is 2. The van der Waals surface area contributed by atoms with E-state index in [4.69, 9.17) is 4.74 Å². The van der Waals surface area contributed by atoms with Crippen LogP contribution in [0.15, 0.2) is 78.9 Å². The topological polar surface area (TPSA) is 87.7 Å². The lowest BCUT2D eigenvalue weighted by Gasteiger charge is -2.35. The summed E-state index contributed by atoms with van der Waals surface area (Å²) in [6, 6.07) is 23.3. The van der Waals surface area contributed by atoms with Gasteiger partial charge in [-0.05, 0) is 68.9 Å². The molecule has 7 nitrogen and oxygen atoms in total. The Morgan fingerprint density at radius 2 is 1.47 bits per heavy atom. The number of rotatable bonds is 13. The van der Waals surface area contributed by atoms with Crippen LogP contribution in [0.3, 0.4) is 0 Å². The molecule has 43 heavy (non-hydrogen) atoms. The standard InChI is InChI=1S/C36H47N3O4/c1-7-8-15-23-39(34(41)31(24-28-18-11-9-12-19-28)38-35(42)43-36(4,5)6)32(30-22-16-17-26(2)27(30)3)33(40)37-25-29-20-13-10-14-21-29/h9-14,16-22,31-32H,7-8,15,23-25H2,1-6H3,(H,37,40)(H,38,42). The average Bonchev–Trinajstić information content (AvgIpc) is 2.97. The van der Waals surface area contributed by atoms with E-state index in [2.05, 4.69) is 17.6 Å². The number of carbonyl (C=O) groups is 3. The highest BCUT2D eigenvalue weighted by Crippen LogP contribution is 2.28. The first-order valence-corrected chi connectivity index (χ1v) is 15.2. The van der Waals surface area contributed by atoms with Gasteiger partial charge in [-0.1, -0.05) is 98.6 Å². The van der Waals surface area contributed by atoms with E-state index >= 15 is 0 Å². The van der Waals surface area contributed by atoms with Gasteiger partial charge >= 0.3 is 6.09 Å². The van der Waals surface area contributed by atoms with Gasteiger partial charge in [0, 0.05) is 19.5 Å². The molecule has 3 aromatic carbocycles. The van der Waals surface area contributed by atoms with Crippen molar-refractivity contribution in [3.05, 3.63) is 107 Å².